The molecule has 0 bridgehead atoms. The van der Waals surface area contributed by atoms with Gasteiger partial charge in [0.05, 0.1) is 12.2 Å². The molecule has 0 unspecified atom stereocenters. The normalized spacial score (nSPS) is 10.2. The molecule has 2 aromatic rings. The Morgan fingerprint density at radius 2 is 1.90 bits per heavy atom. The van der Waals surface area contributed by atoms with Crippen LogP contribution in [0.5, 0.6) is 0 Å². The lowest BCUT2D eigenvalue weighted by molar-refractivity contribution is 0.0526. The van der Waals surface area contributed by atoms with Gasteiger partial charge in [0.2, 0.25) is 0 Å². The van der Waals surface area contributed by atoms with Gasteiger partial charge in [-0.1, -0.05) is 17.7 Å². The van der Waals surface area contributed by atoms with Crippen LogP contribution in [0.2, 0.25) is 5.02 Å². The van der Waals surface area contributed by atoms with Crippen LogP contribution in [0.4, 0.5) is 5.69 Å². The maximum absolute atomic E-state index is 11.6. The zero-order valence-corrected chi connectivity index (χ0v) is 12.9. The predicted octanol–water partition coefficient (Wildman–Crippen LogP) is 4.44. The third-order valence-corrected chi connectivity index (χ3v) is 3.42. The number of nitrogens with one attached hydrogen (secondary N) is 1. The lowest BCUT2D eigenvalue weighted by atomic mass is 10.1. The van der Waals surface area contributed by atoms with Crippen molar-refractivity contribution in [1.29, 1.82) is 0 Å². The van der Waals surface area contributed by atoms with E-state index < -0.39 is 0 Å². The van der Waals surface area contributed by atoms with E-state index >= 15 is 0 Å². The summed E-state index contributed by atoms with van der Waals surface area (Å²) in [7, 11) is 0. The molecule has 0 heterocycles. The fraction of sp³-hybridized carbons (Fsp3) is 0.235. The van der Waals surface area contributed by atoms with Crippen LogP contribution in [0.1, 0.15) is 28.4 Å². The van der Waals surface area contributed by atoms with Crippen molar-refractivity contribution in [2.75, 3.05) is 11.9 Å². The van der Waals surface area contributed by atoms with Gasteiger partial charge in [0.1, 0.15) is 0 Å². The molecule has 4 heteroatoms. The summed E-state index contributed by atoms with van der Waals surface area (Å²) >= 11 is 5.94. The van der Waals surface area contributed by atoms with E-state index in [1.807, 2.05) is 37.3 Å². The van der Waals surface area contributed by atoms with Crippen LogP contribution >= 0.6 is 11.6 Å². The molecule has 0 aliphatic carbocycles. The molecule has 0 fully saturated rings. The minimum atomic E-state index is -0.294. The number of anilines is 1. The number of aryl methyl sites for hydroxylation is 1. The topological polar surface area (TPSA) is 38.3 Å². The van der Waals surface area contributed by atoms with Crippen molar-refractivity contribution in [2.45, 2.75) is 20.4 Å². The maximum Gasteiger partial charge on any atom is 0.338 e. The highest BCUT2D eigenvalue weighted by Crippen LogP contribution is 2.17. The molecule has 0 atom stereocenters. The third-order valence-electron chi connectivity index (χ3n) is 3.18. The first-order chi connectivity index (χ1) is 10.1. The Morgan fingerprint density at radius 3 is 2.52 bits per heavy atom. The van der Waals surface area contributed by atoms with E-state index in [1.165, 1.54) is 5.56 Å². The van der Waals surface area contributed by atoms with Gasteiger partial charge in [0.25, 0.3) is 0 Å². The van der Waals surface area contributed by atoms with Gasteiger partial charge in [-0.25, -0.2) is 4.79 Å². The van der Waals surface area contributed by atoms with Crippen LogP contribution in [0.25, 0.3) is 0 Å². The zero-order chi connectivity index (χ0) is 15.2. The van der Waals surface area contributed by atoms with Gasteiger partial charge in [0.15, 0.2) is 0 Å². The van der Waals surface area contributed by atoms with Crippen molar-refractivity contribution in [3.63, 3.8) is 0 Å². The van der Waals surface area contributed by atoms with E-state index in [9.17, 15) is 4.79 Å². The molecule has 2 rings (SSSR count). The molecular weight excluding hydrogens is 286 g/mol. The highest BCUT2D eigenvalue weighted by molar-refractivity contribution is 6.30. The molecule has 0 saturated carbocycles. The lowest BCUT2D eigenvalue weighted by Gasteiger charge is -2.10. The van der Waals surface area contributed by atoms with Crippen molar-refractivity contribution < 1.29 is 9.53 Å². The fourth-order valence-electron chi connectivity index (χ4n) is 1.99. The number of carbonyl (C=O) groups is 1. The van der Waals surface area contributed by atoms with Gasteiger partial charge in [0, 0.05) is 17.3 Å². The lowest BCUT2D eigenvalue weighted by Crippen LogP contribution is -2.05. The molecule has 0 saturated heterocycles. The largest absolute Gasteiger partial charge is 0.462 e. The Labute approximate surface area is 129 Å². The first kappa shape index (κ1) is 15.4. The highest BCUT2D eigenvalue weighted by atomic mass is 35.5. The molecule has 0 aliphatic heterocycles. The summed E-state index contributed by atoms with van der Waals surface area (Å²) in [6.45, 7) is 4.92. The molecule has 1 N–H and O–H groups in total. The van der Waals surface area contributed by atoms with E-state index in [-0.39, 0.29) is 5.97 Å². The molecule has 0 spiro atoms. The second-order valence-electron chi connectivity index (χ2n) is 4.72. The first-order valence-electron chi connectivity index (χ1n) is 6.86. The molecule has 0 amide bonds. The van der Waals surface area contributed by atoms with Gasteiger partial charge in [-0.15, -0.1) is 0 Å². The average molecular weight is 304 g/mol. The van der Waals surface area contributed by atoms with E-state index in [1.54, 1.807) is 19.1 Å². The summed E-state index contributed by atoms with van der Waals surface area (Å²) in [6, 6.07) is 13.1. The SMILES string of the molecule is CCOC(=O)c1ccc(NCc2ccc(Cl)cc2C)cc1. The maximum atomic E-state index is 11.6. The Kier molecular flexibility index (Phi) is 5.23. The average Bonchev–Trinajstić information content (AvgIpc) is 2.47. The smallest absolute Gasteiger partial charge is 0.338 e. The Bertz CT molecular complexity index is 623. The van der Waals surface area contributed by atoms with E-state index in [4.69, 9.17) is 16.3 Å². The number of ether oxygens (including phenoxy) is 1. The van der Waals surface area contributed by atoms with Crippen molar-refractivity contribution in [2.24, 2.45) is 0 Å². The summed E-state index contributed by atoms with van der Waals surface area (Å²) in [5.74, 6) is -0.294. The molecule has 0 aliphatic rings. The van der Waals surface area contributed by atoms with Crippen LogP contribution < -0.4 is 5.32 Å². The number of carbonyl (C=O) groups excluding carboxylic acids is 1. The predicted molar refractivity (Wildman–Crippen MR) is 85.9 cm³/mol. The molecule has 3 nitrogen and oxygen atoms in total. The van der Waals surface area contributed by atoms with Crippen LogP contribution in [-0.2, 0) is 11.3 Å². The Hall–Kier alpha value is -2.00. The van der Waals surface area contributed by atoms with Gasteiger partial charge in [-0.3, -0.25) is 0 Å². The first-order valence-corrected chi connectivity index (χ1v) is 7.24. The quantitative estimate of drug-likeness (QED) is 0.830. The van der Waals surface area contributed by atoms with Crippen LogP contribution in [0, 0.1) is 6.92 Å². The standard InChI is InChI=1S/C17H18ClNO2/c1-3-21-17(20)13-5-8-16(9-6-13)19-11-14-4-7-15(18)10-12(14)2/h4-10,19H,3,11H2,1-2H3. The van der Waals surface area contributed by atoms with E-state index in [0.29, 0.717) is 18.7 Å². The molecule has 0 radical (unpaired) electrons. The van der Waals surface area contributed by atoms with Gasteiger partial charge in [-0.2, -0.15) is 0 Å². The summed E-state index contributed by atoms with van der Waals surface area (Å²) in [5, 5.41) is 4.07. The van der Waals surface area contributed by atoms with Crippen LogP contribution in [-0.4, -0.2) is 12.6 Å². The summed E-state index contributed by atoms with van der Waals surface area (Å²) < 4.78 is 4.95. The minimum Gasteiger partial charge on any atom is -0.462 e. The molecule has 110 valence electrons. The molecule has 21 heavy (non-hydrogen) atoms. The highest BCUT2D eigenvalue weighted by Gasteiger charge is 2.05. The number of rotatable bonds is 5. The molecule has 2 aromatic carbocycles. The van der Waals surface area contributed by atoms with E-state index in [0.717, 1.165) is 16.3 Å². The van der Waals surface area contributed by atoms with Crippen molar-refractivity contribution in [1.82, 2.24) is 0 Å². The van der Waals surface area contributed by atoms with Crippen LogP contribution in [0.3, 0.4) is 0 Å². The molecular formula is C17H18ClNO2. The summed E-state index contributed by atoms with van der Waals surface area (Å²) in [5.41, 5.74) is 3.86. The molecule has 0 aromatic heterocycles. The number of hydrogen-bond acceptors (Lipinski definition) is 3. The fourth-order valence-corrected chi connectivity index (χ4v) is 2.22. The van der Waals surface area contributed by atoms with Crippen LogP contribution in [0.15, 0.2) is 42.5 Å². The van der Waals surface area contributed by atoms with Gasteiger partial charge < -0.3 is 10.1 Å². The summed E-state index contributed by atoms with van der Waals surface area (Å²) in [4.78, 5) is 11.6. The van der Waals surface area contributed by atoms with Crippen molar-refractivity contribution in [3.8, 4) is 0 Å². The number of benzene rings is 2. The number of hydrogen-bond donors (Lipinski definition) is 1. The van der Waals surface area contributed by atoms with Gasteiger partial charge in [-0.05, 0) is 61.4 Å². The number of esters is 1. The van der Waals surface area contributed by atoms with Crippen molar-refractivity contribution in [3.05, 3.63) is 64.2 Å². The third kappa shape index (κ3) is 4.23. The second-order valence-corrected chi connectivity index (χ2v) is 5.16. The van der Waals surface area contributed by atoms with Gasteiger partial charge >= 0.3 is 5.97 Å². The van der Waals surface area contributed by atoms with E-state index in [2.05, 4.69) is 5.32 Å². The second kappa shape index (κ2) is 7.14. The monoisotopic (exact) mass is 303 g/mol. The summed E-state index contributed by atoms with van der Waals surface area (Å²) in [6.07, 6.45) is 0. The van der Waals surface area contributed by atoms with Crippen molar-refractivity contribution >= 4 is 23.3 Å². The Balaban J connectivity index is 1.99. The Morgan fingerprint density at radius 1 is 1.19 bits per heavy atom. The number of halogens is 1. The minimum absolute atomic E-state index is 0.294. The zero-order valence-electron chi connectivity index (χ0n) is 12.2.